The molecule has 4 aromatic rings. The van der Waals surface area contributed by atoms with E-state index in [0.29, 0.717) is 24.0 Å². The summed E-state index contributed by atoms with van der Waals surface area (Å²) in [7, 11) is 1.62. The van der Waals surface area contributed by atoms with Gasteiger partial charge in [-0.3, -0.25) is 4.90 Å². The molecule has 1 aliphatic rings. The molecule has 1 aliphatic heterocycles. The van der Waals surface area contributed by atoms with Crippen LogP contribution in [-0.4, -0.2) is 28.2 Å². The first-order valence-electron chi connectivity index (χ1n) is 10.5. The second kappa shape index (κ2) is 8.91. The summed E-state index contributed by atoms with van der Waals surface area (Å²) in [5, 5.41) is 9.29. The van der Waals surface area contributed by atoms with Crippen molar-refractivity contribution < 1.29 is 14.1 Å². The molecule has 3 heterocycles. The Morgan fingerprint density at radius 1 is 1.12 bits per heavy atom. The molecule has 1 unspecified atom stereocenters. The van der Waals surface area contributed by atoms with Gasteiger partial charge < -0.3 is 14.6 Å². The molecule has 8 heteroatoms. The third-order valence-electron chi connectivity index (χ3n) is 5.60. The lowest BCUT2D eigenvalue weighted by Gasteiger charge is -2.35. The molecule has 0 radical (unpaired) electrons. The van der Waals surface area contributed by atoms with Crippen molar-refractivity contribution in [1.29, 1.82) is 0 Å². The van der Waals surface area contributed by atoms with Gasteiger partial charge in [0.15, 0.2) is 0 Å². The van der Waals surface area contributed by atoms with Gasteiger partial charge in [-0.25, -0.2) is 4.79 Å². The summed E-state index contributed by atoms with van der Waals surface area (Å²) >= 11 is 1.54. The van der Waals surface area contributed by atoms with Crippen LogP contribution >= 0.6 is 11.3 Å². The van der Waals surface area contributed by atoms with Crippen molar-refractivity contribution in [3.8, 4) is 16.5 Å². The van der Waals surface area contributed by atoms with Crippen LogP contribution in [0.4, 0.5) is 4.79 Å². The van der Waals surface area contributed by atoms with Crippen LogP contribution in [0, 0.1) is 0 Å². The number of nitrogens with zero attached hydrogens (tertiary/aromatic N) is 3. The number of nitrogens with one attached hydrogen (secondary N) is 1. The fraction of sp³-hybridized carbons (Fsp3) is 0.160. The zero-order chi connectivity index (χ0) is 22.8. The fourth-order valence-corrected chi connectivity index (χ4v) is 4.57. The third-order valence-corrected chi connectivity index (χ3v) is 6.47. The number of rotatable bonds is 6. The summed E-state index contributed by atoms with van der Waals surface area (Å²) in [6, 6.07) is 20.7. The number of benzene rings is 2. The lowest BCUT2D eigenvalue weighted by molar-refractivity contribution is 0.203. The molecule has 0 aliphatic carbocycles. The Bertz CT molecular complexity index is 1300. The second-order valence-electron chi connectivity index (χ2n) is 7.63. The maximum absolute atomic E-state index is 13.2. The van der Waals surface area contributed by atoms with Gasteiger partial charge in [0.25, 0.3) is 5.89 Å². The number of thiophene rings is 1. The number of carbonyl (C=O) groups is 1. The zero-order valence-electron chi connectivity index (χ0n) is 18.2. The number of ether oxygens (including phenoxy) is 1. The molecule has 33 heavy (non-hydrogen) atoms. The molecule has 1 N–H and O–H groups in total. The quantitative estimate of drug-likeness (QED) is 0.412. The van der Waals surface area contributed by atoms with E-state index < -0.39 is 6.04 Å². The summed E-state index contributed by atoms with van der Waals surface area (Å²) in [6.45, 7) is 2.35. The van der Waals surface area contributed by atoms with Crippen molar-refractivity contribution in [2.24, 2.45) is 0 Å². The first kappa shape index (κ1) is 21.0. The van der Waals surface area contributed by atoms with Crippen LogP contribution in [0.15, 0.2) is 82.3 Å². The summed E-state index contributed by atoms with van der Waals surface area (Å²) in [4.78, 5) is 20.5. The lowest BCUT2D eigenvalue weighted by atomic mass is 9.94. The summed E-state index contributed by atoms with van der Waals surface area (Å²) in [5.74, 6) is 1.60. The highest BCUT2D eigenvalue weighted by Gasteiger charge is 2.36. The van der Waals surface area contributed by atoms with Crippen molar-refractivity contribution in [3.63, 3.8) is 0 Å². The molecule has 0 saturated carbocycles. The van der Waals surface area contributed by atoms with E-state index in [1.807, 2.05) is 79.0 Å². The normalized spacial score (nSPS) is 16.1. The van der Waals surface area contributed by atoms with E-state index in [-0.39, 0.29) is 6.03 Å². The summed E-state index contributed by atoms with van der Waals surface area (Å²) in [5.41, 5.74) is 3.41. The van der Waals surface area contributed by atoms with Gasteiger partial charge in [-0.05, 0) is 41.6 Å². The predicted octanol–water partition coefficient (Wildman–Crippen LogP) is 5.50. The molecule has 2 aromatic heterocycles. The number of allylic oxidation sites excluding steroid dienone is 1. The molecule has 1 atom stereocenters. The summed E-state index contributed by atoms with van der Waals surface area (Å²) < 4.78 is 11.1. The lowest BCUT2D eigenvalue weighted by Crippen LogP contribution is -2.45. The van der Waals surface area contributed by atoms with Crippen molar-refractivity contribution in [2.75, 3.05) is 7.11 Å². The molecule has 0 saturated heterocycles. The first-order valence-corrected chi connectivity index (χ1v) is 11.4. The van der Waals surface area contributed by atoms with Gasteiger partial charge in [-0.2, -0.15) is 4.98 Å². The predicted molar refractivity (Wildman–Crippen MR) is 126 cm³/mol. The number of hydrogen-bond donors (Lipinski definition) is 1. The Labute approximate surface area is 195 Å². The molecule has 7 nitrogen and oxygen atoms in total. The molecule has 0 bridgehead atoms. The minimum absolute atomic E-state index is 0.189. The number of methoxy groups -OCH3 is 1. The van der Waals surface area contributed by atoms with Gasteiger partial charge in [0.1, 0.15) is 5.75 Å². The standard InChI is InChI=1S/C25H22N4O3S/c1-16-21(24-27-23(28-32-24)20-12-7-13-33-20)22(18-10-6-11-19(14-18)31-2)26-25(30)29(16)15-17-8-4-3-5-9-17/h3-14,22H,15H2,1-2H3,(H,26,30). The summed E-state index contributed by atoms with van der Waals surface area (Å²) in [6.07, 6.45) is 0. The molecular formula is C25H22N4O3S. The minimum atomic E-state index is -0.462. The van der Waals surface area contributed by atoms with Crippen LogP contribution < -0.4 is 10.1 Å². The van der Waals surface area contributed by atoms with E-state index in [1.165, 1.54) is 0 Å². The van der Waals surface area contributed by atoms with Crippen LogP contribution in [0.5, 0.6) is 5.75 Å². The van der Waals surface area contributed by atoms with E-state index in [0.717, 1.165) is 27.3 Å². The van der Waals surface area contributed by atoms with E-state index >= 15 is 0 Å². The molecule has 166 valence electrons. The first-order chi connectivity index (χ1) is 16.1. The Morgan fingerprint density at radius 2 is 1.97 bits per heavy atom. The van der Waals surface area contributed by atoms with Gasteiger partial charge in [0, 0.05) is 5.70 Å². The highest BCUT2D eigenvalue weighted by Crippen LogP contribution is 2.38. The van der Waals surface area contributed by atoms with Gasteiger partial charge in [0.2, 0.25) is 5.82 Å². The fourth-order valence-electron chi connectivity index (χ4n) is 3.92. The molecule has 0 spiro atoms. The molecule has 2 amide bonds. The Morgan fingerprint density at radius 3 is 2.73 bits per heavy atom. The van der Waals surface area contributed by atoms with Gasteiger partial charge in [-0.1, -0.05) is 53.7 Å². The molecule has 5 rings (SSSR count). The number of hydrogen-bond acceptors (Lipinski definition) is 6. The largest absolute Gasteiger partial charge is 0.497 e. The molecule has 2 aromatic carbocycles. The Kier molecular flexibility index (Phi) is 5.66. The monoisotopic (exact) mass is 458 g/mol. The maximum atomic E-state index is 13.2. The zero-order valence-corrected chi connectivity index (χ0v) is 19.0. The highest BCUT2D eigenvalue weighted by atomic mass is 32.1. The van der Waals surface area contributed by atoms with E-state index in [4.69, 9.17) is 9.26 Å². The van der Waals surface area contributed by atoms with Crippen LogP contribution in [-0.2, 0) is 6.54 Å². The Balaban J connectivity index is 1.61. The number of carbonyl (C=O) groups excluding carboxylic acids is 1. The van der Waals surface area contributed by atoms with Crippen LogP contribution in [0.3, 0.4) is 0 Å². The third kappa shape index (κ3) is 4.12. The van der Waals surface area contributed by atoms with Crippen molar-refractivity contribution >= 4 is 22.9 Å². The smallest absolute Gasteiger partial charge is 0.322 e. The number of amides is 2. The SMILES string of the molecule is COc1cccc(C2NC(=O)N(Cc3ccccc3)C(C)=C2c2nc(-c3cccs3)no2)c1. The second-order valence-corrected chi connectivity index (χ2v) is 8.58. The van der Waals surface area contributed by atoms with E-state index in [2.05, 4.69) is 15.5 Å². The highest BCUT2D eigenvalue weighted by molar-refractivity contribution is 7.13. The maximum Gasteiger partial charge on any atom is 0.322 e. The average Bonchev–Trinajstić information content (AvgIpc) is 3.54. The van der Waals surface area contributed by atoms with Crippen molar-refractivity contribution in [2.45, 2.75) is 19.5 Å². The van der Waals surface area contributed by atoms with Crippen LogP contribution in [0.1, 0.15) is 30.0 Å². The van der Waals surface area contributed by atoms with Crippen molar-refractivity contribution in [3.05, 3.63) is 94.8 Å². The van der Waals surface area contributed by atoms with Gasteiger partial charge in [-0.15, -0.1) is 11.3 Å². The average molecular weight is 459 g/mol. The topological polar surface area (TPSA) is 80.5 Å². The van der Waals surface area contributed by atoms with Crippen LogP contribution in [0.2, 0.25) is 0 Å². The van der Waals surface area contributed by atoms with Gasteiger partial charge in [0.05, 0.1) is 30.1 Å². The number of aromatic nitrogens is 2. The Hall–Kier alpha value is -3.91. The van der Waals surface area contributed by atoms with E-state index in [9.17, 15) is 4.79 Å². The molecular weight excluding hydrogens is 436 g/mol. The van der Waals surface area contributed by atoms with Crippen molar-refractivity contribution in [1.82, 2.24) is 20.4 Å². The number of urea groups is 1. The van der Waals surface area contributed by atoms with E-state index in [1.54, 1.807) is 23.3 Å². The molecule has 0 fully saturated rings. The van der Waals surface area contributed by atoms with Gasteiger partial charge >= 0.3 is 6.03 Å². The minimum Gasteiger partial charge on any atom is -0.497 e. The van der Waals surface area contributed by atoms with Crippen LogP contribution in [0.25, 0.3) is 16.3 Å².